The van der Waals surface area contributed by atoms with Gasteiger partial charge < -0.3 is 5.32 Å². The molecule has 1 N–H and O–H groups in total. The topological polar surface area (TPSA) is 37.8 Å². The van der Waals surface area contributed by atoms with E-state index in [2.05, 4.69) is 28.7 Å². The Morgan fingerprint density at radius 1 is 1.28 bits per heavy atom. The second kappa shape index (κ2) is 6.25. The van der Waals surface area contributed by atoms with Crippen molar-refractivity contribution in [3.05, 3.63) is 29.4 Å². The van der Waals surface area contributed by atoms with Crippen molar-refractivity contribution in [2.24, 2.45) is 5.92 Å². The fraction of sp³-hybridized carbons (Fsp3) is 0.385. The Kier molecular flexibility index (Phi) is 4.66. The molecule has 0 aliphatic heterocycles. The van der Waals surface area contributed by atoms with Crippen molar-refractivity contribution in [2.45, 2.75) is 6.92 Å². The molecule has 1 unspecified atom stereocenters. The van der Waals surface area contributed by atoms with Gasteiger partial charge in [-0.05, 0) is 17.9 Å². The van der Waals surface area contributed by atoms with Gasteiger partial charge in [0.05, 0.1) is 0 Å². The lowest BCUT2D eigenvalue weighted by molar-refractivity contribution is 0.699. The molecule has 1 aromatic heterocycles. The van der Waals surface area contributed by atoms with E-state index in [4.69, 9.17) is 11.6 Å². The molecular weight excluding hydrogens is 266 g/mol. The van der Waals surface area contributed by atoms with Gasteiger partial charge in [0.2, 0.25) is 0 Å². The Balaban J connectivity index is 2.21. The molecule has 0 aliphatic rings. The molecule has 0 saturated carbocycles. The summed E-state index contributed by atoms with van der Waals surface area (Å²) >= 11 is 7.89. The standard InChI is InChI=1S/C13H16ClN3S/c1-9(8-18-2)7-15-13-11-6-4-3-5-10(11)12(14)16-17-13/h3-6,9H,7-8H2,1-2H3,(H,15,17). The molecule has 1 aromatic carbocycles. The third-order valence-electron chi connectivity index (χ3n) is 2.71. The molecule has 5 heteroatoms. The Morgan fingerprint density at radius 3 is 2.72 bits per heavy atom. The first-order valence-corrected chi connectivity index (χ1v) is 7.63. The van der Waals surface area contributed by atoms with Crippen LogP contribution < -0.4 is 5.32 Å². The molecule has 2 rings (SSSR count). The molecule has 0 aliphatic carbocycles. The summed E-state index contributed by atoms with van der Waals surface area (Å²) in [6.45, 7) is 3.11. The molecule has 2 aromatic rings. The van der Waals surface area contributed by atoms with Gasteiger partial charge in [-0.2, -0.15) is 11.8 Å². The number of nitrogens with one attached hydrogen (secondary N) is 1. The van der Waals surface area contributed by atoms with Gasteiger partial charge in [0, 0.05) is 17.3 Å². The predicted molar refractivity (Wildman–Crippen MR) is 80.6 cm³/mol. The molecule has 0 saturated heterocycles. The van der Waals surface area contributed by atoms with Crippen LogP contribution in [0.2, 0.25) is 5.15 Å². The summed E-state index contributed by atoms with van der Waals surface area (Å²) in [4.78, 5) is 0. The van der Waals surface area contributed by atoms with Crippen molar-refractivity contribution >= 4 is 40.0 Å². The quantitative estimate of drug-likeness (QED) is 0.907. The van der Waals surface area contributed by atoms with Crippen molar-refractivity contribution in [2.75, 3.05) is 23.9 Å². The Morgan fingerprint density at radius 2 is 2.00 bits per heavy atom. The van der Waals surface area contributed by atoms with Gasteiger partial charge in [0.15, 0.2) is 11.0 Å². The van der Waals surface area contributed by atoms with Gasteiger partial charge >= 0.3 is 0 Å². The van der Waals surface area contributed by atoms with Crippen LogP contribution in [0.15, 0.2) is 24.3 Å². The second-order valence-electron chi connectivity index (χ2n) is 4.33. The number of hydrogen-bond donors (Lipinski definition) is 1. The van der Waals surface area contributed by atoms with Gasteiger partial charge in [-0.15, -0.1) is 10.2 Å². The lowest BCUT2D eigenvalue weighted by atomic mass is 10.2. The summed E-state index contributed by atoms with van der Waals surface area (Å²) in [7, 11) is 0. The highest BCUT2D eigenvalue weighted by Gasteiger charge is 2.08. The molecular formula is C13H16ClN3S. The van der Waals surface area contributed by atoms with Crippen molar-refractivity contribution in [3.8, 4) is 0 Å². The summed E-state index contributed by atoms with van der Waals surface area (Å²) in [6.07, 6.45) is 2.12. The molecule has 0 radical (unpaired) electrons. The summed E-state index contributed by atoms with van der Waals surface area (Å²) in [5, 5.41) is 13.9. The number of nitrogens with zero attached hydrogens (tertiary/aromatic N) is 2. The van der Waals surface area contributed by atoms with E-state index in [1.165, 1.54) is 0 Å². The molecule has 96 valence electrons. The first-order chi connectivity index (χ1) is 8.72. The van der Waals surface area contributed by atoms with Gasteiger partial charge in [-0.25, -0.2) is 0 Å². The van der Waals surface area contributed by atoms with Crippen LogP contribution in [0.1, 0.15) is 6.92 Å². The van der Waals surface area contributed by atoms with E-state index in [0.717, 1.165) is 28.9 Å². The van der Waals surface area contributed by atoms with Gasteiger partial charge in [0.25, 0.3) is 0 Å². The van der Waals surface area contributed by atoms with Crippen molar-refractivity contribution in [1.82, 2.24) is 10.2 Å². The monoisotopic (exact) mass is 281 g/mol. The van der Waals surface area contributed by atoms with Crippen LogP contribution in [0.5, 0.6) is 0 Å². The van der Waals surface area contributed by atoms with Gasteiger partial charge in [0.1, 0.15) is 0 Å². The number of benzene rings is 1. The fourth-order valence-corrected chi connectivity index (χ4v) is 2.71. The molecule has 1 atom stereocenters. The van der Waals surface area contributed by atoms with Crippen LogP contribution in [0.4, 0.5) is 5.82 Å². The maximum Gasteiger partial charge on any atom is 0.159 e. The largest absolute Gasteiger partial charge is 0.368 e. The summed E-state index contributed by atoms with van der Waals surface area (Å²) < 4.78 is 0. The lowest BCUT2D eigenvalue weighted by Gasteiger charge is -2.13. The minimum absolute atomic E-state index is 0.452. The van der Waals surface area contributed by atoms with E-state index >= 15 is 0 Å². The first kappa shape index (κ1) is 13.4. The van der Waals surface area contributed by atoms with Crippen molar-refractivity contribution in [1.29, 1.82) is 0 Å². The van der Waals surface area contributed by atoms with E-state index in [0.29, 0.717) is 11.1 Å². The van der Waals surface area contributed by atoms with Crippen molar-refractivity contribution < 1.29 is 0 Å². The van der Waals surface area contributed by atoms with Gasteiger partial charge in [-0.3, -0.25) is 0 Å². The Labute approximate surface area is 116 Å². The van der Waals surface area contributed by atoms with Crippen LogP contribution in [0.3, 0.4) is 0 Å². The fourth-order valence-electron chi connectivity index (χ4n) is 1.82. The zero-order chi connectivity index (χ0) is 13.0. The first-order valence-electron chi connectivity index (χ1n) is 5.86. The number of fused-ring (bicyclic) bond motifs is 1. The molecule has 0 amide bonds. The summed E-state index contributed by atoms with van der Waals surface area (Å²) in [6, 6.07) is 7.91. The highest BCUT2D eigenvalue weighted by molar-refractivity contribution is 7.98. The Bertz CT molecular complexity index is 533. The maximum absolute atomic E-state index is 6.04. The summed E-state index contributed by atoms with van der Waals surface area (Å²) in [5.74, 6) is 2.53. The van der Waals surface area contributed by atoms with E-state index in [1.54, 1.807) is 0 Å². The normalized spacial score (nSPS) is 12.6. The zero-order valence-electron chi connectivity index (χ0n) is 10.5. The van der Waals surface area contributed by atoms with Gasteiger partial charge in [-0.1, -0.05) is 42.8 Å². The average Bonchev–Trinajstić information content (AvgIpc) is 2.39. The number of anilines is 1. The van der Waals surface area contributed by atoms with Crippen LogP contribution >= 0.6 is 23.4 Å². The van der Waals surface area contributed by atoms with E-state index in [9.17, 15) is 0 Å². The zero-order valence-corrected chi connectivity index (χ0v) is 12.1. The number of thioether (sulfide) groups is 1. The molecule has 0 bridgehead atoms. The number of rotatable bonds is 5. The highest BCUT2D eigenvalue weighted by Crippen LogP contribution is 2.25. The Hall–Kier alpha value is -1.00. The van der Waals surface area contributed by atoms with Crippen LogP contribution in [-0.2, 0) is 0 Å². The number of aromatic nitrogens is 2. The molecule has 0 spiro atoms. The smallest absolute Gasteiger partial charge is 0.159 e. The minimum Gasteiger partial charge on any atom is -0.368 e. The molecule has 1 heterocycles. The van der Waals surface area contributed by atoms with Crippen LogP contribution in [-0.4, -0.2) is 28.8 Å². The summed E-state index contributed by atoms with van der Waals surface area (Å²) in [5.41, 5.74) is 0. The predicted octanol–water partition coefficient (Wildman–Crippen LogP) is 3.69. The maximum atomic E-state index is 6.04. The minimum atomic E-state index is 0.452. The third kappa shape index (κ3) is 3.06. The SMILES string of the molecule is CSCC(C)CNc1nnc(Cl)c2ccccc12. The van der Waals surface area contributed by atoms with Crippen molar-refractivity contribution in [3.63, 3.8) is 0 Å². The molecule has 0 fully saturated rings. The average molecular weight is 282 g/mol. The lowest BCUT2D eigenvalue weighted by Crippen LogP contribution is -2.14. The van der Waals surface area contributed by atoms with E-state index in [1.807, 2.05) is 36.0 Å². The third-order valence-corrected chi connectivity index (χ3v) is 3.89. The number of halogens is 1. The number of hydrogen-bond acceptors (Lipinski definition) is 4. The van der Waals surface area contributed by atoms with E-state index < -0.39 is 0 Å². The van der Waals surface area contributed by atoms with Crippen LogP contribution in [0.25, 0.3) is 10.8 Å². The molecule has 18 heavy (non-hydrogen) atoms. The van der Waals surface area contributed by atoms with E-state index in [-0.39, 0.29) is 0 Å². The van der Waals surface area contributed by atoms with Crippen LogP contribution in [0, 0.1) is 5.92 Å². The molecule has 3 nitrogen and oxygen atoms in total. The second-order valence-corrected chi connectivity index (χ2v) is 5.60. The highest BCUT2D eigenvalue weighted by atomic mass is 35.5.